The maximum absolute atomic E-state index is 8.89. The fraction of sp³-hybridized carbons (Fsp3) is 0.400. The van der Waals surface area contributed by atoms with E-state index in [-0.39, 0.29) is 0 Å². The van der Waals surface area contributed by atoms with E-state index in [4.69, 9.17) is 15.7 Å². The van der Waals surface area contributed by atoms with E-state index >= 15 is 0 Å². The first kappa shape index (κ1) is 9.41. The molecular formula is C5H10N4O2. The number of aromatic nitrogens is 3. The predicted molar refractivity (Wildman–Crippen MR) is 34.2 cm³/mol. The van der Waals surface area contributed by atoms with E-state index in [2.05, 4.69) is 5.21 Å². The zero-order chi connectivity index (χ0) is 8.85. The smallest absolute Gasteiger partial charge is 0.184 e. The van der Waals surface area contributed by atoms with Crippen molar-refractivity contribution >= 4 is 5.97 Å². The number of aryl methyl sites for hydroxylation is 1. The minimum absolute atomic E-state index is 0.972. The number of hydrogen-bond donors (Lipinski definition) is 1. The van der Waals surface area contributed by atoms with Crippen LogP contribution in [0.3, 0.4) is 0 Å². The molecule has 0 amide bonds. The van der Waals surface area contributed by atoms with Gasteiger partial charge in [-0.1, -0.05) is 0 Å². The summed E-state index contributed by atoms with van der Waals surface area (Å²) in [6.45, 7) is 0.972. The average molecular weight is 158 g/mol. The van der Waals surface area contributed by atoms with Crippen molar-refractivity contribution in [1.29, 1.82) is 0 Å². The molecular weight excluding hydrogens is 148 g/mol. The van der Waals surface area contributed by atoms with Crippen LogP contribution in [0.15, 0.2) is 12.4 Å². The van der Waals surface area contributed by atoms with Crippen molar-refractivity contribution in [3.05, 3.63) is 12.4 Å². The lowest BCUT2D eigenvalue weighted by Crippen LogP contribution is -2.31. The van der Waals surface area contributed by atoms with Gasteiger partial charge in [0.25, 0.3) is 0 Å². The van der Waals surface area contributed by atoms with Gasteiger partial charge in [0.05, 0.1) is 0 Å². The van der Waals surface area contributed by atoms with Gasteiger partial charge in [0.15, 0.2) is 12.4 Å². The molecule has 0 aliphatic rings. The van der Waals surface area contributed by atoms with Crippen molar-refractivity contribution < 1.29 is 14.6 Å². The summed E-state index contributed by atoms with van der Waals surface area (Å²) in [4.78, 5) is 10.1. The van der Waals surface area contributed by atoms with Gasteiger partial charge in [-0.3, -0.25) is 0 Å². The molecule has 0 unspecified atom stereocenters. The van der Waals surface area contributed by atoms with Crippen LogP contribution in [0.2, 0.25) is 0 Å². The van der Waals surface area contributed by atoms with Crippen LogP contribution >= 0.6 is 0 Å². The van der Waals surface area contributed by atoms with Crippen LogP contribution in [0.4, 0.5) is 0 Å². The molecule has 0 fully saturated rings. The number of carbonyl (C=O) groups is 1. The Morgan fingerprint density at radius 3 is 2.36 bits per heavy atom. The van der Waals surface area contributed by atoms with Crippen LogP contribution in [-0.4, -0.2) is 16.0 Å². The Hall–Kier alpha value is -1.59. The SMILES string of the molecule is CC(=O)[O-].C[n+]1ccn(N)n1. The van der Waals surface area contributed by atoms with E-state index in [0.717, 1.165) is 6.92 Å². The Labute approximate surface area is 63.8 Å². The van der Waals surface area contributed by atoms with Crippen molar-refractivity contribution in [2.45, 2.75) is 6.92 Å². The summed E-state index contributed by atoms with van der Waals surface area (Å²) in [5.41, 5.74) is 0. The predicted octanol–water partition coefficient (Wildman–Crippen LogP) is -2.82. The fourth-order valence-corrected chi connectivity index (χ4v) is 0.387. The first-order valence-corrected chi connectivity index (χ1v) is 2.86. The maximum atomic E-state index is 8.89. The summed E-state index contributed by atoms with van der Waals surface area (Å²) in [6.07, 6.45) is 3.43. The number of carboxylic acid groups (broad SMARTS) is 1. The van der Waals surface area contributed by atoms with Crippen LogP contribution in [0, 0.1) is 0 Å². The van der Waals surface area contributed by atoms with E-state index in [0.29, 0.717) is 0 Å². The van der Waals surface area contributed by atoms with E-state index in [1.807, 2.05) is 7.05 Å². The molecule has 62 valence electrons. The molecule has 11 heavy (non-hydrogen) atoms. The second-order valence-corrected chi connectivity index (χ2v) is 1.83. The number of nitrogens with zero attached hydrogens (tertiary/aromatic N) is 3. The number of carboxylic acids is 1. The Morgan fingerprint density at radius 2 is 2.27 bits per heavy atom. The summed E-state index contributed by atoms with van der Waals surface area (Å²) >= 11 is 0. The van der Waals surface area contributed by atoms with Gasteiger partial charge in [-0.05, 0) is 11.7 Å². The summed E-state index contributed by atoms with van der Waals surface area (Å²) in [5, 5.41) is 12.6. The molecule has 0 saturated heterocycles. The van der Waals surface area contributed by atoms with Crippen molar-refractivity contribution in [2.24, 2.45) is 7.05 Å². The second kappa shape index (κ2) is 4.26. The van der Waals surface area contributed by atoms with Crippen molar-refractivity contribution in [3.63, 3.8) is 0 Å². The number of nitrogens with two attached hydrogens (primary N) is 1. The standard InChI is InChI=1S/C3H7N4.C2H4O2/c1-6-2-3-7(4)5-6;1-2(3)4/h2-3H,1H3,(H2,4,5);1H3,(H,3,4)/q+1;/p-1. The van der Waals surface area contributed by atoms with Crippen LogP contribution in [0.1, 0.15) is 6.92 Å². The monoisotopic (exact) mass is 158 g/mol. The summed E-state index contributed by atoms with van der Waals surface area (Å²) in [6, 6.07) is 0. The molecule has 1 rings (SSSR count). The number of hydrogen-bond acceptors (Lipinski definition) is 4. The molecule has 1 heterocycles. The molecule has 2 N–H and O–H groups in total. The second-order valence-electron chi connectivity index (χ2n) is 1.83. The molecule has 6 heteroatoms. The van der Waals surface area contributed by atoms with E-state index in [1.165, 1.54) is 4.79 Å². The minimum Gasteiger partial charge on any atom is -0.550 e. The van der Waals surface area contributed by atoms with Crippen molar-refractivity contribution in [3.8, 4) is 0 Å². The number of aliphatic carboxylic acids is 1. The fourth-order valence-electron chi connectivity index (χ4n) is 0.387. The summed E-state index contributed by atoms with van der Waals surface area (Å²) in [5.74, 6) is 4.08. The summed E-state index contributed by atoms with van der Waals surface area (Å²) in [7, 11) is 1.81. The topological polar surface area (TPSA) is 87.8 Å². The van der Waals surface area contributed by atoms with E-state index in [9.17, 15) is 0 Å². The highest BCUT2D eigenvalue weighted by atomic mass is 16.4. The van der Waals surface area contributed by atoms with E-state index < -0.39 is 5.97 Å². The highest BCUT2D eigenvalue weighted by molar-refractivity contribution is 5.60. The molecule has 0 atom stereocenters. The van der Waals surface area contributed by atoms with Gasteiger partial charge in [-0.2, -0.15) is 0 Å². The highest BCUT2D eigenvalue weighted by Crippen LogP contribution is 1.60. The van der Waals surface area contributed by atoms with Crippen molar-refractivity contribution in [1.82, 2.24) is 10.0 Å². The van der Waals surface area contributed by atoms with Crippen LogP contribution in [0.25, 0.3) is 0 Å². The highest BCUT2D eigenvalue weighted by Gasteiger charge is 1.90. The van der Waals surface area contributed by atoms with E-state index in [1.54, 1.807) is 17.1 Å². The Kier molecular flexibility index (Phi) is 3.65. The third-order valence-electron chi connectivity index (χ3n) is 0.679. The molecule has 0 spiro atoms. The normalized spacial score (nSPS) is 8.18. The van der Waals surface area contributed by atoms with Crippen LogP contribution < -0.4 is 15.6 Å². The molecule has 0 bridgehead atoms. The number of rotatable bonds is 0. The third kappa shape index (κ3) is 6.29. The largest absolute Gasteiger partial charge is 0.550 e. The lowest BCUT2D eigenvalue weighted by molar-refractivity contribution is -0.732. The van der Waals surface area contributed by atoms with Crippen LogP contribution in [-0.2, 0) is 11.8 Å². The minimum atomic E-state index is -1.08. The Morgan fingerprint density at radius 1 is 1.82 bits per heavy atom. The van der Waals surface area contributed by atoms with Gasteiger partial charge < -0.3 is 9.90 Å². The number of nitrogen functional groups attached to an aromatic ring is 1. The van der Waals surface area contributed by atoms with Gasteiger partial charge >= 0.3 is 0 Å². The average Bonchev–Trinajstić information content (AvgIpc) is 2.13. The molecule has 0 radical (unpaired) electrons. The molecule has 6 nitrogen and oxygen atoms in total. The lowest BCUT2D eigenvalue weighted by Gasteiger charge is -1.77. The van der Waals surface area contributed by atoms with Gasteiger partial charge in [-0.25, -0.2) is 5.84 Å². The van der Waals surface area contributed by atoms with Crippen molar-refractivity contribution in [2.75, 3.05) is 5.84 Å². The quantitative estimate of drug-likeness (QED) is 0.326. The van der Waals surface area contributed by atoms with Gasteiger partial charge in [0.1, 0.15) is 12.3 Å². The third-order valence-corrected chi connectivity index (χ3v) is 0.679. The van der Waals surface area contributed by atoms with Gasteiger partial charge in [0, 0.05) is 5.97 Å². The lowest BCUT2D eigenvalue weighted by atomic mass is 10.9. The van der Waals surface area contributed by atoms with Gasteiger partial charge in [0.2, 0.25) is 0 Å². The van der Waals surface area contributed by atoms with Gasteiger partial charge in [-0.15, -0.1) is 4.68 Å². The molecule has 0 aliphatic carbocycles. The maximum Gasteiger partial charge on any atom is 0.184 e. The Balaban J connectivity index is 0.000000218. The zero-order valence-corrected chi connectivity index (χ0v) is 6.39. The molecule has 0 saturated carbocycles. The first-order chi connectivity index (χ1) is 5.02. The molecule has 0 aliphatic heterocycles. The van der Waals surface area contributed by atoms with Crippen LogP contribution in [0.5, 0.6) is 0 Å². The summed E-state index contributed by atoms with van der Waals surface area (Å²) < 4.78 is 1.62. The number of carbonyl (C=O) groups excluding carboxylic acids is 1. The Bertz CT molecular complexity index is 212. The molecule has 0 aromatic carbocycles. The molecule has 1 aromatic heterocycles. The zero-order valence-electron chi connectivity index (χ0n) is 6.39. The molecule has 1 aromatic rings. The first-order valence-electron chi connectivity index (χ1n) is 2.86.